The Kier molecular flexibility index (Phi) is 5.65. The zero-order valence-corrected chi connectivity index (χ0v) is 17.9. The second-order valence-electron chi connectivity index (χ2n) is 8.38. The number of benzene rings is 3. The first kappa shape index (κ1) is 20.3. The molecule has 162 valence electrons. The van der Waals surface area contributed by atoms with E-state index in [1.54, 1.807) is 0 Å². The fraction of sp³-hybridized carbons (Fsp3) is 0.222. The van der Waals surface area contributed by atoms with E-state index < -0.39 is 0 Å². The molecular formula is C27H27N3O2. The number of carbonyl (C=O) groups excluding carboxylic acids is 1. The number of nitrogens with one attached hydrogen (secondary N) is 2. The molecule has 5 heteroatoms. The average Bonchev–Trinajstić information content (AvgIpc) is 3.28. The molecule has 0 radical (unpaired) electrons. The van der Waals surface area contributed by atoms with Crippen LogP contribution in [0.3, 0.4) is 0 Å². The van der Waals surface area contributed by atoms with Crippen LogP contribution in [0.15, 0.2) is 97.1 Å². The summed E-state index contributed by atoms with van der Waals surface area (Å²) in [6.45, 7) is 1.28. The molecule has 3 aromatic rings. The molecule has 2 aliphatic heterocycles. The molecule has 32 heavy (non-hydrogen) atoms. The van der Waals surface area contributed by atoms with Crippen LogP contribution in [0.25, 0.3) is 5.70 Å². The molecule has 2 N–H and O–H groups in total. The molecule has 5 nitrogen and oxygen atoms in total. The molecule has 2 aliphatic rings. The SMILES string of the molecule is O=C(NC(c1ccccc1)c1ccccc1)N1CCC2(C=C(c3ccccc3)NO2)CC1. The number of carbonyl (C=O) groups is 1. The lowest BCUT2D eigenvalue weighted by Crippen LogP contribution is -2.50. The normalized spacial score (nSPS) is 17.2. The number of hydrogen-bond acceptors (Lipinski definition) is 3. The summed E-state index contributed by atoms with van der Waals surface area (Å²) in [6.07, 6.45) is 3.69. The minimum Gasteiger partial charge on any atom is -0.327 e. The Morgan fingerprint density at radius 2 is 1.38 bits per heavy atom. The maximum absolute atomic E-state index is 13.2. The van der Waals surface area contributed by atoms with E-state index in [9.17, 15) is 4.79 Å². The van der Waals surface area contributed by atoms with Gasteiger partial charge in [0.05, 0.1) is 11.7 Å². The van der Waals surface area contributed by atoms with Crippen molar-refractivity contribution in [1.82, 2.24) is 15.7 Å². The van der Waals surface area contributed by atoms with E-state index in [0.29, 0.717) is 13.1 Å². The van der Waals surface area contributed by atoms with Gasteiger partial charge in [0.25, 0.3) is 0 Å². The Hall–Kier alpha value is -3.57. The molecule has 2 heterocycles. The first-order chi connectivity index (χ1) is 15.7. The van der Waals surface area contributed by atoms with Crippen molar-refractivity contribution in [1.29, 1.82) is 0 Å². The summed E-state index contributed by atoms with van der Waals surface area (Å²) < 4.78 is 0. The molecule has 1 fully saturated rings. The van der Waals surface area contributed by atoms with E-state index >= 15 is 0 Å². The molecule has 0 bridgehead atoms. The van der Waals surface area contributed by atoms with Crippen LogP contribution < -0.4 is 10.8 Å². The molecule has 0 aromatic heterocycles. The summed E-state index contributed by atoms with van der Waals surface area (Å²) >= 11 is 0. The van der Waals surface area contributed by atoms with Crippen molar-refractivity contribution in [2.75, 3.05) is 13.1 Å². The third kappa shape index (κ3) is 4.25. The molecule has 5 rings (SSSR count). The molecule has 0 aliphatic carbocycles. The fourth-order valence-corrected chi connectivity index (χ4v) is 4.44. The second-order valence-corrected chi connectivity index (χ2v) is 8.38. The topological polar surface area (TPSA) is 53.6 Å². The van der Waals surface area contributed by atoms with Crippen LogP contribution in [-0.2, 0) is 4.84 Å². The van der Waals surface area contributed by atoms with Crippen LogP contribution >= 0.6 is 0 Å². The number of nitrogens with zero attached hydrogens (tertiary/aromatic N) is 1. The summed E-state index contributed by atoms with van der Waals surface area (Å²) in [4.78, 5) is 21.1. The van der Waals surface area contributed by atoms with Gasteiger partial charge >= 0.3 is 6.03 Å². The molecule has 1 spiro atoms. The number of piperidine rings is 1. The zero-order valence-electron chi connectivity index (χ0n) is 17.9. The first-order valence-corrected chi connectivity index (χ1v) is 11.1. The van der Waals surface area contributed by atoms with Crippen molar-refractivity contribution < 1.29 is 9.63 Å². The van der Waals surface area contributed by atoms with Gasteiger partial charge in [-0.05, 0) is 22.8 Å². The lowest BCUT2D eigenvalue weighted by Gasteiger charge is -2.37. The smallest absolute Gasteiger partial charge is 0.318 e. The monoisotopic (exact) mass is 425 g/mol. The van der Waals surface area contributed by atoms with Gasteiger partial charge in [-0.15, -0.1) is 0 Å². The van der Waals surface area contributed by atoms with E-state index in [-0.39, 0.29) is 17.7 Å². The Labute approximate surface area is 188 Å². The van der Waals surface area contributed by atoms with Crippen molar-refractivity contribution in [3.8, 4) is 0 Å². The Balaban J connectivity index is 1.27. The molecule has 2 amide bonds. The maximum atomic E-state index is 13.2. The summed E-state index contributed by atoms with van der Waals surface area (Å²) in [7, 11) is 0. The molecule has 0 atom stereocenters. The number of urea groups is 1. The quantitative estimate of drug-likeness (QED) is 0.625. The van der Waals surface area contributed by atoms with Crippen LogP contribution in [0.2, 0.25) is 0 Å². The third-order valence-electron chi connectivity index (χ3n) is 6.29. The fourth-order valence-electron chi connectivity index (χ4n) is 4.44. The van der Waals surface area contributed by atoms with Gasteiger partial charge in [-0.2, -0.15) is 0 Å². The van der Waals surface area contributed by atoms with Crippen molar-refractivity contribution in [3.63, 3.8) is 0 Å². The summed E-state index contributed by atoms with van der Waals surface area (Å²) in [5, 5.41) is 3.25. The van der Waals surface area contributed by atoms with Crippen LogP contribution in [0.1, 0.15) is 35.6 Å². The number of hydrogen-bond donors (Lipinski definition) is 2. The van der Waals surface area contributed by atoms with Gasteiger partial charge in [0.2, 0.25) is 0 Å². The standard InChI is InChI=1S/C27H27N3O2/c31-26(28-25(22-12-6-2-7-13-22)23-14-8-3-9-15-23)30-18-16-27(17-19-30)20-24(29-32-27)21-10-4-1-5-11-21/h1-15,20,25,29H,16-19H2,(H,28,31). The Bertz CT molecular complexity index is 1040. The van der Waals surface area contributed by atoms with E-state index in [1.165, 1.54) is 0 Å². The minimum atomic E-state index is -0.361. The predicted molar refractivity (Wildman–Crippen MR) is 125 cm³/mol. The maximum Gasteiger partial charge on any atom is 0.318 e. The highest BCUT2D eigenvalue weighted by molar-refractivity contribution is 5.75. The van der Waals surface area contributed by atoms with E-state index in [1.807, 2.05) is 59.5 Å². The lowest BCUT2D eigenvalue weighted by molar-refractivity contribution is -0.0639. The molecule has 3 aromatic carbocycles. The Morgan fingerprint density at radius 3 is 1.94 bits per heavy atom. The van der Waals surface area contributed by atoms with Crippen LogP contribution in [-0.4, -0.2) is 29.6 Å². The molecular weight excluding hydrogens is 398 g/mol. The van der Waals surface area contributed by atoms with Crippen LogP contribution in [0, 0.1) is 0 Å². The van der Waals surface area contributed by atoms with Crippen molar-refractivity contribution >= 4 is 11.7 Å². The van der Waals surface area contributed by atoms with Crippen molar-refractivity contribution in [2.24, 2.45) is 0 Å². The van der Waals surface area contributed by atoms with Gasteiger partial charge < -0.3 is 10.2 Å². The number of likely N-dealkylation sites (tertiary alicyclic amines) is 1. The number of amides is 2. The Morgan fingerprint density at radius 1 is 0.844 bits per heavy atom. The highest BCUT2D eigenvalue weighted by atomic mass is 16.7. The van der Waals surface area contributed by atoms with Crippen LogP contribution in [0.5, 0.6) is 0 Å². The van der Waals surface area contributed by atoms with Crippen LogP contribution in [0.4, 0.5) is 4.79 Å². The third-order valence-corrected chi connectivity index (χ3v) is 6.29. The minimum absolute atomic E-state index is 0.0456. The largest absolute Gasteiger partial charge is 0.327 e. The average molecular weight is 426 g/mol. The van der Waals surface area contributed by atoms with Gasteiger partial charge in [-0.1, -0.05) is 91.0 Å². The number of hydroxylamine groups is 1. The van der Waals surface area contributed by atoms with Gasteiger partial charge in [-0.3, -0.25) is 10.3 Å². The van der Waals surface area contributed by atoms with Crippen molar-refractivity contribution in [3.05, 3.63) is 114 Å². The highest BCUT2D eigenvalue weighted by Gasteiger charge is 2.40. The summed E-state index contributed by atoms with van der Waals surface area (Å²) in [6, 6.07) is 30.2. The zero-order chi connectivity index (χ0) is 21.8. The second kappa shape index (κ2) is 8.89. The van der Waals surface area contributed by atoms with Gasteiger partial charge in [0.1, 0.15) is 5.60 Å². The molecule has 1 saturated heterocycles. The van der Waals surface area contributed by atoms with E-state index in [2.05, 4.69) is 53.3 Å². The van der Waals surface area contributed by atoms with E-state index in [4.69, 9.17) is 4.84 Å². The molecule has 0 unspecified atom stereocenters. The van der Waals surface area contributed by atoms with Gasteiger partial charge in [0, 0.05) is 25.9 Å². The predicted octanol–water partition coefficient (Wildman–Crippen LogP) is 4.90. The lowest BCUT2D eigenvalue weighted by atomic mass is 9.90. The highest BCUT2D eigenvalue weighted by Crippen LogP contribution is 2.35. The summed E-state index contributed by atoms with van der Waals surface area (Å²) in [5.41, 5.74) is 6.98. The van der Waals surface area contributed by atoms with Gasteiger partial charge in [-0.25, -0.2) is 4.79 Å². The summed E-state index contributed by atoms with van der Waals surface area (Å²) in [5.74, 6) is 0. The molecule has 0 saturated carbocycles. The van der Waals surface area contributed by atoms with E-state index in [0.717, 1.165) is 35.2 Å². The van der Waals surface area contributed by atoms with Gasteiger partial charge in [0.15, 0.2) is 0 Å². The number of rotatable bonds is 4. The van der Waals surface area contributed by atoms with Crippen molar-refractivity contribution in [2.45, 2.75) is 24.5 Å². The first-order valence-electron chi connectivity index (χ1n) is 11.1.